The molecule has 1 aromatic heterocycles. The van der Waals surface area contributed by atoms with Crippen LogP contribution in [-0.2, 0) is 17.5 Å². The van der Waals surface area contributed by atoms with Gasteiger partial charge in [0.05, 0.1) is 29.5 Å². The number of nitrogens with two attached hydrogens (primary N) is 1. The molecule has 2 aromatic carbocycles. The molecule has 0 aliphatic carbocycles. The van der Waals surface area contributed by atoms with Gasteiger partial charge >= 0.3 is 6.18 Å². The number of aromatic amines is 1. The van der Waals surface area contributed by atoms with Gasteiger partial charge in [-0.25, -0.2) is 4.98 Å². The fourth-order valence-corrected chi connectivity index (χ4v) is 4.02. The average Bonchev–Trinajstić information content (AvgIpc) is 3.14. The maximum Gasteiger partial charge on any atom is 0.416 e. The number of aromatic nitrogens is 2. The van der Waals surface area contributed by atoms with Crippen molar-refractivity contribution >= 4 is 28.5 Å². The zero-order valence-electron chi connectivity index (χ0n) is 16.6. The van der Waals surface area contributed by atoms with Gasteiger partial charge in [-0.1, -0.05) is 13.0 Å². The second-order valence-corrected chi connectivity index (χ2v) is 7.72. The van der Waals surface area contributed by atoms with Crippen LogP contribution in [0.3, 0.4) is 0 Å². The number of halogens is 3. The zero-order chi connectivity index (χ0) is 22.3. The van der Waals surface area contributed by atoms with Gasteiger partial charge in [0.1, 0.15) is 5.52 Å². The number of alkyl halides is 3. The second-order valence-electron chi connectivity index (χ2n) is 7.72. The third-order valence-electron chi connectivity index (χ3n) is 5.33. The summed E-state index contributed by atoms with van der Waals surface area (Å²) in [5.41, 5.74) is 6.93. The van der Waals surface area contributed by atoms with E-state index >= 15 is 0 Å². The first-order valence-corrected chi connectivity index (χ1v) is 9.61. The molecule has 4 rings (SSSR count). The van der Waals surface area contributed by atoms with Crippen LogP contribution in [0, 0.1) is 0 Å². The fourth-order valence-electron chi connectivity index (χ4n) is 4.02. The van der Waals surface area contributed by atoms with Gasteiger partial charge in [0.25, 0.3) is 5.91 Å². The molecule has 1 atom stereocenters. The SMILES string of the molecule is C[C@H]1CN(CC(N)=O)Cc2cc(NC(=O)c3cc(C(F)(F)F)cc4[nH]cnc34)ccc21. The Morgan fingerprint density at radius 2 is 2.06 bits per heavy atom. The lowest BCUT2D eigenvalue weighted by Crippen LogP contribution is -2.38. The van der Waals surface area contributed by atoms with Crippen molar-refractivity contribution in [3.05, 3.63) is 58.9 Å². The third kappa shape index (κ3) is 4.24. The molecule has 0 radical (unpaired) electrons. The molecule has 0 fully saturated rings. The number of benzene rings is 2. The number of carbonyl (C=O) groups excluding carboxylic acids is 2. The topological polar surface area (TPSA) is 104 Å². The van der Waals surface area contributed by atoms with Crippen LogP contribution in [-0.4, -0.2) is 39.8 Å². The predicted molar refractivity (Wildman–Crippen MR) is 108 cm³/mol. The molecule has 2 amide bonds. The summed E-state index contributed by atoms with van der Waals surface area (Å²) < 4.78 is 39.7. The maximum absolute atomic E-state index is 13.2. The highest BCUT2D eigenvalue weighted by molar-refractivity contribution is 6.11. The summed E-state index contributed by atoms with van der Waals surface area (Å²) in [6.07, 6.45) is -3.35. The Labute approximate surface area is 175 Å². The molecule has 4 N–H and O–H groups in total. The standard InChI is InChI=1S/C21H20F3N5O2/c1-11-7-29(9-18(25)30)8-12-4-14(2-3-15(11)12)28-20(31)16-5-13(21(22,23)24)6-17-19(16)27-10-26-17/h2-6,10-11H,7-9H2,1H3,(H2,25,30)(H,26,27)(H,28,31)/t11-/m0/s1. The van der Waals surface area contributed by atoms with Gasteiger partial charge in [-0.3, -0.25) is 14.5 Å². The Bertz CT molecular complexity index is 1170. The number of amides is 2. The molecule has 0 spiro atoms. The summed E-state index contributed by atoms with van der Waals surface area (Å²) in [5, 5.41) is 2.67. The molecule has 0 saturated heterocycles. The van der Waals surface area contributed by atoms with Crippen LogP contribution in [0.1, 0.15) is 39.9 Å². The number of nitrogens with one attached hydrogen (secondary N) is 2. The minimum absolute atomic E-state index is 0.126. The van der Waals surface area contributed by atoms with Crippen LogP contribution in [0.15, 0.2) is 36.7 Å². The Balaban J connectivity index is 1.63. The third-order valence-corrected chi connectivity index (χ3v) is 5.33. The Hall–Kier alpha value is -3.40. The first-order valence-electron chi connectivity index (χ1n) is 9.61. The highest BCUT2D eigenvalue weighted by Crippen LogP contribution is 2.33. The molecule has 31 heavy (non-hydrogen) atoms. The molecule has 7 nitrogen and oxygen atoms in total. The van der Waals surface area contributed by atoms with Crippen LogP contribution >= 0.6 is 0 Å². The van der Waals surface area contributed by atoms with Gasteiger partial charge in [0.15, 0.2) is 0 Å². The Morgan fingerprint density at radius 1 is 1.29 bits per heavy atom. The molecule has 1 aliphatic heterocycles. The number of imidazole rings is 1. The number of fused-ring (bicyclic) bond motifs is 2. The number of nitrogens with zero attached hydrogens (tertiary/aromatic N) is 2. The minimum atomic E-state index is -4.60. The lowest BCUT2D eigenvalue weighted by Gasteiger charge is -2.32. The Morgan fingerprint density at radius 3 is 2.77 bits per heavy atom. The molecule has 162 valence electrons. The summed E-state index contributed by atoms with van der Waals surface area (Å²) in [7, 11) is 0. The fraction of sp³-hybridized carbons (Fsp3) is 0.286. The first kappa shape index (κ1) is 20.9. The number of hydrogen-bond acceptors (Lipinski definition) is 4. The van der Waals surface area contributed by atoms with Crippen molar-refractivity contribution in [1.29, 1.82) is 0 Å². The quantitative estimate of drug-likeness (QED) is 0.590. The van der Waals surface area contributed by atoms with Gasteiger partial charge in [-0.2, -0.15) is 13.2 Å². The van der Waals surface area contributed by atoms with Gasteiger partial charge in [0, 0.05) is 18.8 Å². The molecular formula is C21H20F3N5O2. The summed E-state index contributed by atoms with van der Waals surface area (Å²) in [6, 6.07) is 7.09. The molecule has 0 saturated carbocycles. The van der Waals surface area contributed by atoms with Crippen molar-refractivity contribution in [3.63, 3.8) is 0 Å². The van der Waals surface area contributed by atoms with E-state index in [4.69, 9.17) is 5.73 Å². The van der Waals surface area contributed by atoms with E-state index in [0.29, 0.717) is 18.8 Å². The van der Waals surface area contributed by atoms with Gasteiger partial charge in [0.2, 0.25) is 5.91 Å². The molecule has 0 bridgehead atoms. The van der Waals surface area contributed by atoms with Crippen molar-refractivity contribution in [2.24, 2.45) is 5.73 Å². The molecule has 2 heterocycles. The normalized spacial score (nSPS) is 16.8. The summed E-state index contributed by atoms with van der Waals surface area (Å²) in [4.78, 5) is 32.6. The highest BCUT2D eigenvalue weighted by atomic mass is 19.4. The number of H-pyrrole nitrogens is 1. The second kappa shape index (κ2) is 7.69. The smallest absolute Gasteiger partial charge is 0.369 e. The van der Waals surface area contributed by atoms with E-state index in [-0.39, 0.29) is 29.1 Å². The van der Waals surface area contributed by atoms with Crippen molar-refractivity contribution < 1.29 is 22.8 Å². The van der Waals surface area contributed by atoms with Crippen LogP contribution in [0.2, 0.25) is 0 Å². The summed E-state index contributed by atoms with van der Waals surface area (Å²) in [5.74, 6) is -0.950. The van der Waals surface area contributed by atoms with E-state index in [0.717, 1.165) is 23.3 Å². The largest absolute Gasteiger partial charge is 0.416 e. The number of anilines is 1. The monoisotopic (exact) mass is 431 g/mol. The van der Waals surface area contributed by atoms with Crippen LogP contribution in [0.25, 0.3) is 11.0 Å². The van der Waals surface area contributed by atoms with E-state index in [2.05, 4.69) is 15.3 Å². The maximum atomic E-state index is 13.2. The van der Waals surface area contributed by atoms with E-state index < -0.39 is 23.6 Å². The lowest BCUT2D eigenvalue weighted by atomic mass is 9.90. The number of rotatable bonds is 4. The van der Waals surface area contributed by atoms with Crippen molar-refractivity contribution in [3.8, 4) is 0 Å². The molecule has 10 heteroatoms. The zero-order valence-corrected chi connectivity index (χ0v) is 16.6. The number of hydrogen-bond donors (Lipinski definition) is 3. The van der Waals surface area contributed by atoms with Crippen LogP contribution in [0.4, 0.5) is 18.9 Å². The number of primary amides is 1. The summed E-state index contributed by atoms with van der Waals surface area (Å²) >= 11 is 0. The van der Waals surface area contributed by atoms with Gasteiger partial charge in [-0.05, 0) is 41.3 Å². The summed E-state index contributed by atoms with van der Waals surface area (Å²) in [6.45, 7) is 3.32. The van der Waals surface area contributed by atoms with E-state index in [1.165, 1.54) is 6.33 Å². The first-order chi connectivity index (χ1) is 14.6. The van der Waals surface area contributed by atoms with Crippen molar-refractivity contribution in [1.82, 2.24) is 14.9 Å². The molecular weight excluding hydrogens is 411 g/mol. The average molecular weight is 431 g/mol. The van der Waals surface area contributed by atoms with Gasteiger partial charge in [-0.15, -0.1) is 0 Å². The molecule has 0 unspecified atom stereocenters. The predicted octanol–water partition coefficient (Wildman–Crippen LogP) is 3.24. The molecule has 3 aromatic rings. The van der Waals surface area contributed by atoms with Gasteiger partial charge < -0.3 is 16.0 Å². The minimum Gasteiger partial charge on any atom is -0.369 e. The lowest BCUT2D eigenvalue weighted by molar-refractivity contribution is -0.137. The van der Waals surface area contributed by atoms with Crippen molar-refractivity contribution in [2.75, 3.05) is 18.4 Å². The molecule has 1 aliphatic rings. The van der Waals surface area contributed by atoms with Crippen LogP contribution < -0.4 is 11.1 Å². The van der Waals surface area contributed by atoms with E-state index in [9.17, 15) is 22.8 Å². The van der Waals surface area contributed by atoms with E-state index in [1.807, 2.05) is 17.9 Å². The Kier molecular flexibility index (Phi) is 5.18. The highest BCUT2D eigenvalue weighted by Gasteiger charge is 2.32. The number of carbonyl (C=O) groups is 2. The van der Waals surface area contributed by atoms with Crippen LogP contribution in [0.5, 0.6) is 0 Å². The van der Waals surface area contributed by atoms with E-state index in [1.54, 1.807) is 12.1 Å². The van der Waals surface area contributed by atoms with Crippen molar-refractivity contribution in [2.45, 2.75) is 25.6 Å².